The van der Waals surface area contributed by atoms with Crippen LogP contribution in [0.5, 0.6) is 0 Å². The summed E-state index contributed by atoms with van der Waals surface area (Å²) in [5, 5.41) is 0. The number of allylic oxidation sites excluding steroid dienone is 2. The molecular weight excluding hydrogens is 242 g/mol. The molecule has 0 saturated heterocycles. The van der Waals surface area contributed by atoms with E-state index in [0.717, 1.165) is 22.8 Å². The van der Waals surface area contributed by atoms with Crippen molar-refractivity contribution < 1.29 is 4.39 Å². The van der Waals surface area contributed by atoms with Gasteiger partial charge in [-0.15, -0.1) is 0 Å². The van der Waals surface area contributed by atoms with E-state index in [-0.39, 0.29) is 5.83 Å². The normalized spacial score (nSPS) is 13.2. The fourth-order valence-electron chi connectivity index (χ4n) is 0.710. The van der Waals surface area contributed by atoms with Gasteiger partial charge in [0.1, 0.15) is 5.83 Å². The predicted molar refractivity (Wildman–Crippen MR) is 52.0 cm³/mol. The Labute approximate surface area is 76.0 Å². The van der Waals surface area contributed by atoms with E-state index in [4.69, 9.17) is 0 Å². The molecule has 0 fully saturated rings. The molecule has 0 bridgehead atoms. The lowest BCUT2D eigenvalue weighted by Gasteiger charge is -1.98. The highest BCUT2D eigenvalue weighted by atomic mass is 127. The van der Waals surface area contributed by atoms with Gasteiger partial charge in [0, 0.05) is 3.58 Å². The van der Waals surface area contributed by atoms with Crippen molar-refractivity contribution in [3.63, 3.8) is 0 Å². The van der Waals surface area contributed by atoms with Gasteiger partial charge in [0.25, 0.3) is 0 Å². The SMILES string of the molecule is CCC/C(F)=C(\I)CCC. The van der Waals surface area contributed by atoms with E-state index in [9.17, 15) is 4.39 Å². The van der Waals surface area contributed by atoms with E-state index < -0.39 is 0 Å². The van der Waals surface area contributed by atoms with Gasteiger partial charge in [0.05, 0.1) is 0 Å². The topological polar surface area (TPSA) is 0 Å². The Morgan fingerprint density at radius 1 is 1.20 bits per heavy atom. The molecule has 0 atom stereocenters. The minimum absolute atomic E-state index is 0.0879. The van der Waals surface area contributed by atoms with Gasteiger partial charge in [-0.25, -0.2) is 4.39 Å². The van der Waals surface area contributed by atoms with Gasteiger partial charge >= 0.3 is 0 Å². The summed E-state index contributed by atoms with van der Waals surface area (Å²) in [7, 11) is 0. The standard InChI is InChI=1S/C8H14FI/c1-3-5-7(9)8(10)6-4-2/h3-6H2,1-2H3/b8-7+. The molecule has 0 aromatic heterocycles. The first-order chi connectivity index (χ1) is 4.72. The molecule has 0 aromatic rings. The summed E-state index contributed by atoms with van der Waals surface area (Å²) >= 11 is 2.10. The highest BCUT2D eigenvalue weighted by Crippen LogP contribution is 2.22. The van der Waals surface area contributed by atoms with Gasteiger partial charge in [-0.2, -0.15) is 0 Å². The molecule has 0 aromatic carbocycles. The lowest BCUT2D eigenvalue weighted by molar-refractivity contribution is 0.575. The lowest BCUT2D eigenvalue weighted by atomic mass is 10.2. The second-order valence-corrected chi connectivity index (χ2v) is 3.61. The lowest BCUT2D eigenvalue weighted by Crippen LogP contribution is -1.78. The fourth-order valence-corrected chi connectivity index (χ4v) is 1.52. The monoisotopic (exact) mass is 256 g/mol. The zero-order chi connectivity index (χ0) is 7.98. The molecule has 10 heavy (non-hydrogen) atoms. The third-order valence-electron chi connectivity index (χ3n) is 1.23. The Kier molecular flexibility index (Phi) is 6.38. The van der Waals surface area contributed by atoms with Gasteiger partial charge in [-0.1, -0.05) is 20.3 Å². The molecule has 0 radical (unpaired) electrons. The average Bonchev–Trinajstić information content (AvgIpc) is 1.89. The summed E-state index contributed by atoms with van der Waals surface area (Å²) in [6.07, 6.45) is 3.45. The van der Waals surface area contributed by atoms with Crippen molar-refractivity contribution in [1.29, 1.82) is 0 Å². The quantitative estimate of drug-likeness (QED) is 0.661. The number of halogens is 2. The maximum absolute atomic E-state index is 12.9. The Hall–Kier alpha value is 0.400. The van der Waals surface area contributed by atoms with E-state index in [1.807, 2.05) is 6.92 Å². The summed E-state index contributed by atoms with van der Waals surface area (Å²) in [5.74, 6) is 0.0879. The zero-order valence-corrected chi connectivity index (χ0v) is 8.74. The van der Waals surface area contributed by atoms with Crippen LogP contribution in [0.4, 0.5) is 4.39 Å². The predicted octanol–water partition coefficient (Wildman–Crippen LogP) is 4.20. The average molecular weight is 256 g/mol. The highest BCUT2D eigenvalue weighted by Gasteiger charge is 1.99. The highest BCUT2D eigenvalue weighted by molar-refractivity contribution is 14.1. The van der Waals surface area contributed by atoms with Crippen LogP contribution in [-0.4, -0.2) is 0 Å². The summed E-state index contributed by atoms with van der Waals surface area (Å²) < 4.78 is 13.8. The van der Waals surface area contributed by atoms with Crippen LogP contribution in [0.2, 0.25) is 0 Å². The van der Waals surface area contributed by atoms with Gasteiger partial charge in [-0.3, -0.25) is 0 Å². The molecule has 0 unspecified atom stereocenters. The fraction of sp³-hybridized carbons (Fsp3) is 0.750. The number of rotatable bonds is 4. The summed E-state index contributed by atoms with van der Waals surface area (Å²) in [6, 6.07) is 0. The molecule has 60 valence electrons. The molecule has 2 heteroatoms. The van der Waals surface area contributed by atoms with E-state index in [2.05, 4.69) is 29.5 Å². The smallest absolute Gasteiger partial charge is 0.109 e. The van der Waals surface area contributed by atoms with Crippen molar-refractivity contribution in [1.82, 2.24) is 0 Å². The molecule has 0 nitrogen and oxygen atoms in total. The first-order valence-electron chi connectivity index (χ1n) is 3.75. The van der Waals surface area contributed by atoms with Crippen molar-refractivity contribution >= 4 is 22.6 Å². The van der Waals surface area contributed by atoms with Crippen molar-refractivity contribution in [3.05, 3.63) is 9.41 Å². The molecule has 0 aliphatic heterocycles. The Bertz CT molecular complexity index is 104. The van der Waals surface area contributed by atoms with Crippen LogP contribution >= 0.6 is 22.6 Å². The van der Waals surface area contributed by atoms with E-state index in [1.54, 1.807) is 0 Å². The van der Waals surface area contributed by atoms with Crippen molar-refractivity contribution in [3.8, 4) is 0 Å². The maximum Gasteiger partial charge on any atom is 0.109 e. The van der Waals surface area contributed by atoms with Crippen LogP contribution in [0.25, 0.3) is 0 Å². The van der Waals surface area contributed by atoms with Crippen molar-refractivity contribution in [2.45, 2.75) is 39.5 Å². The molecule has 0 heterocycles. The minimum atomic E-state index is 0.0879. The van der Waals surface area contributed by atoms with Gasteiger partial charge in [0.15, 0.2) is 0 Å². The third-order valence-corrected chi connectivity index (χ3v) is 2.36. The van der Waals surface area contributed by atoms with Crippen molar-refractivity contribution in [2.24, 2.45) is 0 Å². The Balaban J connectivity index is 3.79. The summed E-state index contributed by atoms with van der Waals surface area (Å²) in [5.41, 5.74) is 0. The van der Waals surface area contributed by atoms with Gasteiger partial charge < -0.3 is 0 Å². The van der Waals surface area contributed by atoms with Crippen LogP contribution in [0.1, 0.15) is 39.5 Å². The molecule has 0 amide bonds. The number of hydrogen-bond donors (Lipinski definition) is 0. The molecule has 0 rings (SSSR count). The minimum Gasteiger partial charge on any atom is -0.211 e. The number of hydrogen-bond acceptors (Lipinski definition) is 0. The van der Waals surface area contributed by atoms with E-state index in [1.165, 1.54) is 0 Å². The first-order valence-corrected chi connectivity index (χ1v) is 4.83. The summed E-state index contributed by atoms with van der Waals surface area (Å²) in [6.45, 7) is 4.06. The molecule has 0 spiro atoms. The summed E-state index contributed by atoms with van der Waals surface area (Å²) in [4.78, 5) is 0. The van der Waals surface area contributed by atoms with Crippen LogP contribution in [0, 0.1) is 0 Å². The Morgan fingerprint density at radius 2 is 1.70 bits per heavy atom. The molecule has 0 saturated carbocycles. The third kappa shape index (κ3) is 4.25. The largest absolute Gasteiger partial charge is 0.211 e. The zero-order valence-electron chi connectivity index (χ0n) is 6.58. The Morgan fingerprint density at radius 3 is 2.10 bits per heavy atom. The van der Waals surface area contributed by atoms with Gasteiger partial charge in [0.2, 0.25) is 0 Å². The molecular formula is C8H14FI. The van der Waals surface area contributed by atoms with Crippen LogP contribution in [0.15, 0.2) is 9.41 Å². The molecule has 0 aliphatic rings. The van der Waals surface area contributed by atoms with Crippen LogP contribution < -0.4 is 0 Å². The molecule has 0 N–H and O–H groups in total. The first kappa shape index (κ1) is 10.4. The van der Waals surface area contributed by atoms with Crippen LogP contribution in [-0.2, 0) is 0 Å². The van der Waals surface area contributed by atoms with E-state index >= 15 is 0 Å². The second kappa shape index (κ2) is 6.13. The van der Waals surface area contributed by atoms with E-state index in [0.29, 0.717) is 6.42 Å². The van der Waals surface area contributed by atoms with Crippen molar-refractivity contribution in [2.75, 3.05) is 0 Å². The van der Waals surface area contributed by atoms with Crippen LogP contribution in [0.3, 0.4) is 0 Å². The van der Waals surface area contributed by atoms with Gasteiger partial charge in [-0.05, 0) is 41.9 Å². The maximum atomic E-state index is 12.9. The molecule has 0 aliphatic carbocycles. The second-order valence-electron chi connectivity index (χ2n) is 2.31.